The Balaban J connectivity index is 1.85. The molecule has 1 amide bonds. The van der Waals surface area contributed by atoms with E-state index in [1.165, 1.54) is 12.8 Å². The minimum atomic E-state index is 0.0180. The standard InChI is InChI=1S/C9H15NO2S/c11-8(5-13)10-7-3-4-12-9(7)6-1-2-6/h6-7,9,13H,1-5H2,(H,10,11). The number of thiol groups is 1. The van der Waals surface area contributed by atoms with Crippen LogP contribution in [0.4, 0.5) is 0 Å². The van der Waals surface area contributed by atoms with Gasteiger partial charge in [0.1, 0.15) is 0 Å². The maximum absolute atomic E-state index is 11.1. The molecule has 4 heteroatoms. The molecule has 0 aromatic rings. The predicted molar refractivity (Wildman–Crippen MR) is 52.9 cm³/mol. The van der Waals surface area contributed by atoms with Crippen LogP contribution in [0.3, 0.4) is 0 Å². The second-order valence-corrected chi connectivity index (χ2v) is 4.11. The number of hydrogen-bond donors (Lipinski definition) is 2. The van der Waals surface area contributed by atoms with Gasteiger partial charge in [-0.15, -0.1) is 0 Å². The summed E-state index contributed by atoms with van der Waals surface area (Å²) in [6.07, 6.45) is 3.76. The first-order valence-electron chi connectivity index (χ1n) is 4.83. The Morgan fingerprint density at radius 2 is 2.23 bits per heavy atom. The average molecular weight is 201 g/mol. The number of carbonyl (C=O) groups excluding carboxylic acids is 1. The Bertz CT molecular complexity index is 206. The van der Waals surface area contributed by atoms with Gasteiger partial charge in [-0.05, 0) is 25.2 Å². The molecule has 0 bridgehead atoms. The average Bonchev–Trinajstić information content (AvgIpc) is 2.88. The minimum absolute atomic E-state index is 0.0180. The molecule has 0 radical (unpaired) electrons. The van der Waals surface area contributed by atoms with Gasteiger partial charge >= 0.3 is 0 Å². The van der Waals surface area contributed by atoms with Crippen LogP contribution in [0.1, 0.15) is 19.3 Å². The lowest BCUT2D eigenvalue weighted by molar-refractivity contribution is -0.119. The highest BCUT2D eigenvalue weighted by atomic mass is 32.1. The van der Waals surface area contributed by atoms with E-state index in [1.54, 1.807) is 0 Å². The number of rotatable bonds is 3. The van der Waals surface area contributed by atoms with Gasteiger partial charge in [-0.3, -0.25) is 4.79 Å². The molecular weight excluding hydrogens is 186 g/mol. The van der Waals surface area contributed by atoms with Crippen LogP contribution < -0.4 is 5.32 Å². The van der Waals surface area contributed by atoms with Crippen molar-refractivity contribution < 1.29 is 9.53 Å². The quantitative estimate of drug-likeness (QED) is 0.656. The van der Waals surface area contributed by atoms with E-state index in [0.717, 1.165) is 13.0 Å². The Morgan fingerprint density at radius 1 is 1.46 bits per heavy atom. The molecule has 2 rings (SSSR count). The maximum Gasteiger partial charge on any atom is 0.230 e. The number of carbonyl (C=O) groups is 1. The molecule has 2 aliphatic rings. The van der Waals surface area contributed by atoms with E-state index in [-0.39, 0.29) is 23.8 Å². The minimum Gasteiger partial charge on any atom is -0.376 e. The van der Waals surface area contributed by atoms with Crippen molar-refractivity contribution in [3.63, 3.8) is 0 Å². The van der Waals surface area contributed by atoms with Gasteiger partial charge in [-0.1, -0.05) is 0 Å². The summed E-state index contributed by atoms with van der Waals surface area (Å²) in [5.74, 6) is 0.991. The summed E-state index contributed by atoms with van der Waals surface area (Å²) in [5, 5.41) is 2.96. The van der Waals surface area contributed by atoms with Gasteiger partial charge in [0.2, 0.25) is 5.91 Å². The lowest BCUT2D eigenvalue weighted by atomic mass is 10.1. The molecule has 0 spiro atoms. The summed E-state index contributed by atoms with van der Waals surface area (Å²) in [4.78, 5) is 11.1. The van der Waals surface area contributed by atoms with Crippen LogP contribution in [-0.2, 0) is 9.53 Å². The fourth-order valence-electron chi connectivity index (χ4n) is 1.91. The zero-order valence-corrected chi connectivity index (χ0v) is 8.43. The van der Waals surface area contributed by atoms with Crippen molar-refractivity contribution in [3.05, 3.63) is 0 Å². The molecule has 2 atom stereocenters. The molecule has 1 saturated carbocycles. The molecule has 2 unspecified atom stereocenters. The molecule has 0 aromatic heterocycles. The van der Waals surface area contributed by atoms with Gasteiger partial charge in [-0.25, -0.2) is 0 Å². The Hall–Kier alpha value is -0.220. The lowest BCUT2D eigenvalue weighted by Gasteiger charge is -2.18. The third-order valence-corrected chi connectivity index (χ3v) is 3.00. The summed E-state index contributed by atoms with van der Waals surface area (Å²) in [6, 6.07) is 0.243. The fraction of sp³-hybridized carbons (Fsp3) is 0.889. The lowest BCUT2D eigenvalue weighted by Crippen LogP contribution is -2.41. The molecule has 3 nitrogen and oxygen atoms in total. The van der Waals surface area contributed by atoms with E-state index in [9.17, 15) is 4.79 Å². The van der Waals surface area contributed by atoms with Crippen LogP contribution in [0.15, 0.2) is 0 Å². The zero-order chi connectivity index (χ0) is 9.26. The summed E-state index contributed by atoms with van der Waals surface area (Å²) in [7, 11) is 0. The molecule has 74 valence electrons. The predicted octanol–water partition coefficient (Wildman–Crippen LogP) is 0.600. The van der Waals surface area contributed by atoms with Gasteiger partial charge in [0.15, 0.2) is 0 Å². The molecule has 1 aliphatic heterocycles. The van der Waals surface area contributed by atoms with Crippen LogP contribution in [0.2, 0.25) is 0 Å². The van der Waals surface area contributed by atoms with E-state index in [1.807, 2.05) is 0 Å². The van der Waals surface area contributed by atoms with Gasteiger partial charge < -0.3 is 10.1 Å². The van der Waals surface area contributed by atoms with Crippen molar-refractivity contribution in [2.45, 2.75) is 31.4 Å². The molecule has 13 heavy (non-hydrogen) atoms. The zero-order valence-electron chi connectivity index (χ0n) is 7.53. The van der Waals surface area contributed by atoms with Crippen LogP contribution in [-0.4, -0.2) is 30.4 Å². The maximum atomic E-state index is 11.1. The molecule has 1 N–H and O–H groups in total. The first-order valence-corrected chi connectivity index (χ1v) is 5.46. The largest absolute Gasteiger partial charge is 0.376 e. The van der Waals surface area contributed by atoms with Crippen molar-refractivity contribution in [2.75, 3.05) is 12.4 Å². The summed E-state index contributed by atoms with van der Waals surface area (Å²) < 4.78 is 5.60. The van der Waals surface area contributed by atoms with Crippen LogP contribution >= 0.6 is 12.6 Å². The van der Waals surface area contributed by atoms with E-state index < -0.39 is 0 Å². The normalized spacial score (nSPS) is 33.3. The first kappa shape index (κ1) is 9.34. The van der Waals surface area contributed by atoms with Gasteiger partial charge in [0, 0.05) is 6.61 Å². The number of amides is 1. The van der Waals surface area contributed by atoms with Crippen molar-refractivity contribution in [1.29, 1.82) is 0 Å². The second kappa shape index (κ2) is 3.88. The molecule has 1 aliphatic carbocycles. The first-order chi connectivity index (χ1) is 6.31. The van der Waals surface area contributed by atoms with Gasteiger partial charge in [-0.2, -0.15) is 12.6 Å². The fourth-order valence-corrected chi connectivity index (χ4v) is 2.00. The second-order valence-electron chi connectivity index (χ2n) is 3.79. The third kappa shape index (κ3) is 2.17. The topological polar surface area (TPSA) is 38.3 Å². The SMILES string of the molecule is O=C(CS)NC1CCOC1C1CC1. The van der Waals surface area contributed by atoms with E-state index >= 15 is 0 Å². The van der Waals surface area contributed by atoms with Crippen molar-refractivity contribution in [1.82, 2.24) is 5.32 Å². The molecule has 2 fully saturated rings. The van der Waals surface area contributed by atoms with Crippen LogP contribution in [0.25, 0.3) is 0 Å². The van der Waals surface area contributed by atoms with Crippen molar-refractivity contribution >= 4 is 18.5 Å². The highest BCUT2D eigenvalue weighted by Crippen LogP contribution is 2.38. The number of hydrogen-bond acceptors (Lipinski definition) is 3. The monoisotopic (exact) mass is 201 g/mol. The van der Waals surface area contributed by atoms with Crippen LogP contribution in [0.5, 0.6) is 0 Å². The van der Waals surface area contributed by atoms with Crippen molar-refractivity contribution in [2.24, 2.45) is 5.92 Å². The van der Waals surface area contributed by atoms with Crippen LogP contribution in [0, 0.1) is 5.92 Å². The molecular formula is C9H15NO2S. The Morgan fingerprint density at radius 3 is 2.85 bits per heavy atom. The Labute approximate surface area is 83.6 Å². The van der Waals surface area contributed by atoms with E-state index in [4.69, 9.17) is 4.74 Å². The number of nitrogens with one attached hydrogen (secondary N) is 1. The smallest absolute Gasteiger partial charge is 0.230 e. The molecule has 0 aromatic carbocycles. The van der Waals surface area contributed by atoms with E-state index in [0.29, 0.717) is 5.92 Å². The van der Waals surface area contributed by atoms with Crippen molar-refractivity contribution in [3.8, 4) is 0 Å². The van der Waals surface area contributed by atoms with E-state index in [2.05, 4.69) is 17.9 Å². The molecule has 1 saturated heterocycles. The molecule has 1 heterocycles. The summed E-state index contributed by atoms with van der Waals surface area (Å²) >= 11 is 3.93. The summed E-state index contributed by atoms with van der Waals surface area (Å²) in [5.41, 5.74) is 0. The number of ether oxygens (including phenoxy) is 1. The third-order valence-electron chi connectivity index (χ3n) is 2.71. The highest BCUT2D eigenvalue weighted by molar-refractivity contribution is 7.81. The van der Waals surface area contributed by atoms with Gasteiger partial charge in [0.05, 0.1) is 17.9 Å². The van der Waals surface area contributed by atoms with Gasteiger partial charge in [0.25, 0.3) is 0 Å². The highest BCUT2D eigenvalue weighted by Gasteiger charge is 2.40. The Kier molecular flexibility index (Phi) is 2.79. The summed E-state index contributed by atoms with van der Waals surface area (Å²) in [6.45, 7) is 0.790.